The van der Waals surface area contributed by atoms with Crippen LogP contribution in [0.1, 0.15) is 17.8 Å². The lowest BCUT2D eigenvalue weighted by atomic mass is 10.2. The van der Waals surface area contributed by atoms with Crippen LogP contribution in [-0.2, 0) is 11.4 Å². The maximum absolute atomic E-state index is 12.1. The van der Waals surface area contributed by atoms with Crippen LogP contribution in [0.2, 0.25) is 5.02 Å². The van der Waals surface area contributed by atoms with E-state index in [1.54, 1.807) is 7.11 Å². The predicted molar refractivity (Wildman–Crippen MR) is 122 cm³/mol. The molecule has 1 amide bonds. The molecule has 0 fully saturated rings. The molecule has 0 saturated carbocycles. The standard InChI is InChI=1S/C22H22ClN5O3S/c1-15-4-5-16(12-19(15)23)28-20(13-31-18-8-6-17(30-2)7-9-18)26-27-22(28)32-14-21(29)25-11-3-10-24/h4-9,12H,3,11,13-14H2,1-2H3,(H,25,29). The van der Waals surface area contributed by atoms with Gasteiger partial charge in [0.05, 0.1) is 31.0 Å². The fraction of sp³-hybridized carbons (Fsp3) is 0.273. The minimum atomic E-state index is -0.183. The van der Waals surface area contributed by atoms with E-state index in [-0.39, 0.29) is 24.7 Å². The van der Waals surface area contributed by atoms with Crippen molar-refractivity contribution < 1.29 is 14.3 Å². The van der Waals surface area contributed by atoms with Crippen LogP contribution in [0.15, 0.2) is 47.6 Å². The van der Waals surface area contributed by atoms with Crippen LogP contribution in [0.5, 0.6) is 11.5 Å². The van der Waals surface area contributed by atoms with Crippen molar-refractivity contribution in [2.45, 2.75) is 25.1 Å². The van der Waals surface area contributed by atoms with Crippen molar-refractivity contribution in [3.05, 3.63) is 58.9 Å². The summed E-state index contributed by atoms with van der Waals surface area (Å²) in [5.41, 5.74) is 1.72. The zero-order chi connectivity index (χ0) is 22.9. The highest BCUT2D eigenvalue weighted by molar-refractivity contribution is 7.99. The van der Waals surface area contributed by atoms with Crippen LogP contribution in [-0.4, -0.2) is 40.1 Å². The fourth-order valence-electron chi connectivity index (χ4n) is 2.73. The summed E-state index contributed by atoms with van der Waals surface area (Å²) in [5, 5.41) is 21.0. The molecule has 1 aromatic heterocycles. The second kappa shape index (κ2) is 11.4. The van der Waals surface area contributed by atoms with Crippen molar-refractivity contribution in [3.8, 4) is 23.3 Å². The molecular formula is C22H22ClN5O3S. The van der Waals surface area contributed by atoms with E-state index in [0.29, 0.717) is 28.3 Å². The van der Waals surface area contributed by atoms with E-state index in [1.807, 2.05) is 60.0 Å². The maximum Gasteiger partial charge on any atom is 0.230 e. The Hall–Kier alpha value is -3.22. The molecule has 2 aromatic carbocycles. The van der Waals surface area contributed by atoms with Gasteiger partial charge in [0.2, 0.25) is 5.91 Å². The van der Waals surface area contributed by atoms with Crippen molar-refractivity contribution in [1.82, 2.24) is 20.1 Å². The van der Waals surface area contributed by atoms with Crippen molar-refractivity contribution in [3.63, 3.8) is 0 Å². The van der Waals surface area contributed by atoms with E-state index in [1.165, 1.54) is 11.8 Å². The second-order valence-electron chi connectivity index (χ2n) is 6.68. The van der Waals surface area contributed by atoms with Gasteiger partial charge in [-0.1, -0.05) is 29.4 Å². The van der Waals surface area contributed by atoms with Crippen molar-refractivity contribution in [1.29, 1.82) is 5.26 Å². The number of thioether (sulfide) groups is 1. The minimum Gasteiger partial charge on any atom is -0.497 e. The summed E-state index contributed by atoms with van der Waals surface area (Å²) in [6, 6.07) is 14.9. The molecule has 3 aromatic rings. The predicted octanol–water partition coefficient (Wildman–Crippen LogP) is 3.94. The SMILES string of the molecule is COc1ccc(OCc2nnc(SCC(=O)NCCC#N)n2-c2ccc(C)c(Cl)c2)cc1. The van der Waals surface area contributed by atoms with Gasteiger partial charge < -0.3 is 14.8 Å². The van der Waals surface area contributed by atoms with E-state index in [2.05, 4.69) is 15.5 Å². The molecule has 0 atom stereocenters. The third-order valence-corrected chi connectivity index (χ3v) is 5.77. The molecule has 3 rings (SSSR count). The van der Waals surface area contributed by atoms with Crippen LogP contribution in [0.25, 0.3) is 5.69 Å². The number of hydrogen-bond donors (Lipinski definition) is 1. The number of aryl methyl sites for hydroxylation is 1. The molecular weight excluding hydrogens is 450 g/mol. The quantitative estimate of drug-likeness (QED) is 0.353. The number of rotatable bonds is 10. The van der Waals surface area contributed by atoms with Gasteiger partial charge in [0.1, 0.15) is 18.1 Å². The molecule has 0 aliphatic heterocycles. The molecule has 0 bridgehead atoms. The molecule has 1 N–H and O–H groups in total. The highest BCUT2D eigenvalue weighted by atomic mass is 35.5. The summed E-state index contributed by atoms with van der Waals surface area (Å²) < 4.78 is 12.9. The van der Waals surface area contributed by atoms with E-state index < -0.39 is 0 Å². The summed E-state index contributed by atoms with van der Waals surface area (Å²) in [6.45, 7) is 2.41. The fourth-order valence-corrected chi connectivity index (χ4v) is 3.70. The molecule has 166 valence electrons. The first-order valence-corrected chi connectivity index (χ1v) is 11.1. The third kappa shape index (κ3) is 6.15. The Labute approximate surface area is 195 Å². The summed E-state index contributed by atoms with van der Waals surface area (Å²) in [6.07, 6.45) is 0.265. The molecule has 0 radical (unpaired) electrons. The molecule has 10 heteroatoms. The van der Waals surface area contributed by atoms with Gasteiger partial charge >= 0.3 is 0 Å². The van der Waals surface area contributed by atoms with Gasteiger partial charge in [-0.2, -0.15) is 5.26 Å². The number of ether oxygens (including phenoxy) is 2. The van der Waals surface area contributed by atoms with Gasteiger partial charge in [-0.05, 0) is 48.9 Å². The summed E-state index contributed by atoms with van der Waals surface area (Å²) in [4.78, 5) is 12.1. The molecule has 0 aliphatic carbocycles. The maximum atomic E-state index is 12.1. The lowest BCUT2D eigenvalue weighted by Crippen LogP contribution is -2.26. The smallest absolute Gasteiger partial charge is 0.230 e. The van der Waals surface area contributed by atoms with E-state index >= 15 is 0 Å². The number of carbonyl (C=O) groups excluding carboxylic acids is 1. The minimum absolute atomic E-state index is 0.141. The molecule has 0 aliphatic rings. The molecule has 32 heavy (non-hydrogen) atoms. The van der Waals surface area contributed by atoms with Gasteiger partial charge in [0.25, 0.3) is 0 Å². The number of nitrogens with zero attached hydrogens (tertiary/aromatic N) is 4. The zero-order valence-corrected chi connectivity index (χ0v) is 19.2. The monoisotopic (exact) mass is 471 g/mol. The largest absolute Gasteiger partial charge is 0.497 e. The Kier molecular flexibility index (Phi) is 8.36. The highest BCUT2D eigenvalue weighted by Gasteiger charge is 2.17. The van der Waals surface area contributed by atoms with E-state index in [4.69, 9.17) is 26.3 Å². The van der Waals surface area contributed by atoms with Gasteiger partial charge in [-0.15, -0.1) is 10.2 Å². The van der Waals surface area contributed by atoms with E-state index in [0.717, 1.165) is 17.0 Å². The lowest BCUT2D eigenvalue weighted by Gasteiger charge is -2.12. The highest BCUT2D eigenvalue weighted by Crippen LogP contribution is 2.26. The Bertz CT molecular complexity index is 1110. The van der Waals surface area contributed by atoms with Gasteiger partial charge in [0.15, 0.2) is 11.0 Å². The Morgan fingerprint density at radius 1 is 1.22 bits per heavy atom. The van der Waals surface area contributed by atoms with Crippen LogP contribution < -0.4 is 14.8 Å². The molecule has 1 heterocycles. The number of halogens is 1. The van der Waals surface area contributed by atoms with Gasteiger partial charge in [-0.3, -0.25) is 9.36 Å². The summed E-state index contributed by atoms with van der Waals surface area (Å²) in [5.74, 6) is 1.92. The number of hydrogen-bond acceptors (Lipinski definition) is 7. The van der Waals surface area contributed by atoms with Crippen LogP contribution in [0.3, 0.4) is 0 Å². The Morgan fingerprint density at radius 2 is 1.97 bits per heavy atom. The van der Waals surface area contributed by atoms with E-state index in [9.17, 15) is 4.79 Å². The summed E-state index contributed by atoms with van der Waals surface area (Å²) >= 11 is 7.59. The summed E-state index contributed by atoms with van der Waals surface area (Å²) in [7, 11) is 1.61. The van der Waals surface area contributed by atoms with Crippen molar-refractivity contribution in [2.24, 2.45) is 0 Å². The number of nitrogens with one attached hydrogen (secondary N) is 1. The van der Waals surface area contributed by atoms with Gasteiger partial charge in [0, 0.05) is 11.6 Å². The molecule has 8 nitrogen and oxygen atoms in total. The number of nitriles is 1. The Morgan fingerprint density at radius 3 is 2.66 bits per heavy atom. The number of methoxy groups -OCH3 is 1. The molecule has 0 saturated heterocycles. The number of benzene rings is 2. The number of aromatic nitrogens is 3. The normalized spacial score (nSPS) is 10.4. The zero-order valence-electron chi connectivity index (χ0n) is 17.7. The first-order chi connectivity index (χ1) is 15.5. The average Bonchev–Trinajstić information content (AvgIpc) is 3.21. The second-order valence-corrected chi connectivity index (χ2v) is 8.03. The van der Waals surface area contributed by atoms with Crippen molar-refractivity contribution in [2.75, 3.05) is 19.4 Å². The Balaban J connectivity index is 1.80. The number of amides is 1. The topological polar surface area (TPSA) is 102 Å². The van der Waals surface area contributed by atoms with Gasteiger partial charge in [-0.25, -0.2) is 0 Å². The van der Waals surface area contributed by atoms with Crippen LogP contribution in [0, 0.1) is 18.3 Å². The number of carbonyl (C=O) groups is 1. The first-order valence-electron chi connectivity index (χ1n) is 9.76. The molecule has 0 spiro atoms. The lowest BCUT2D eigenvalue weighted by molar-refractivity contribution is -0.118. The third-order valence-electron chi connectivity index (χ3n) is 4.43. The average molecular weight is 472 g/mol. The first kappa shape index (κ1) is 23.4. The van der Waals surface area contributed by atoms with Crippen molar-refractivity contribution >= 4 is 29.3 Å². The van der Waals surface area contributed by atoms with Crippen LogP contribution >= 0.6 is 23.4 Å². The molecule has 0 unspecified atom stereocenters. The van der Waals surface area contributed by atoms with Crippen LogP contribution in [0.4, 0.5) is 0 Å².